The molecule has 5 heteroatoms. The van der Waals surface area contributed by atoms with Gasteiger partial charge < -0.3 is 4.74 Å². The minimum absolute atomic E-state index is 0.0984. The van der Waals surface area contributed by atoms with E-state index in [1.807, 2.05) is 24.3 Å². The molecule has 0 N–H and O–H groups in total. The second-order valence-corrected chi connectivity index (χ2v) is 4.81. The fraction of sp³-hybridized carbons (Fsp3) is 0.0769. The van der Waals surface area contributed by atoms with Crippen molar-refractivity contribution in [1.29, 1.82) is 0 Å². The van der Waals surface area contributed by atoms with Gasteiger partial charge in [0.1, 0.15) is 5.75 Å². The minimum atomic E-state index is -0.386. The van der Waals surface area contributed by atoms with Gasteiger partial charge in [-0.25, -0.2) is 0 Å². The number of rotatable bonds is 3. The predicted octanol–water partition coefficient (Wildman–Crippen LogP) is 3.88. The Bertz CT molecular complexity index is 581. The van der Waals surface area contributed by atoms with Crippen LogP contribution in [-0.4, -0.2) is 12.0 Å². The summed E-state index contributed by atoms with van der Waals surface area (Å²) < 4.78 is 6.06. The van der Waals surface area contributed by atoms with Gasteiger partial charge in [-0.05, 0) is 46.4 Å². The Kier molecular flexibility index (Phi) is 3.81. The normalized spacial score (nSPS) is 10.1. The predicted molar refractivity (Wildman–Crippen MR) is 77.8 cm³/mol. The summed E-state index contributed by atoms with van der Waals surface area (Å²) in [6, 6.07) is 12.3. The number of nitro benzene ring substituents is 1. The molecule has 4 nitrogen and oxygen atoms in total. The van der Waals surface area contributed by atoms with Gasteiger partial charge in [0.05, 0.1) is 12.0 Å². The van der Waals surface area contributed by atoms with Gasteiger partial charge in [0.25, 0.3) is 5.69 Å². The lowest BCUT2D eigenvalue weighted by molar-refractivity contribution is -0.384. The van der Waals surface area contributed by atoms with Crippen molar-refractivity contribution >= 4 is 28.3 Å². The summed E-state index contributed by atoms with van der Waals surface area (Å²) >= 11 is 2.17. The lowest BCUT2D eigenvalue weighted by Crippen LogP contribution is -1.90. The van der Waals surface area contributed by atoms with Crippen molar-refractivity contribution in [2.75, 3.05) is 7.11 Å². The van der Waals surface area contributed by atoms with Gasteiger partial charge in [0.2, 0.25) is 0 Å². The molecule has 0 unspecified atom stereocenters. The molecule has 0 aliphatic carbocycles. The van der Waals surface area contributed by atoms with Gasteiger partial charge in [-0.1, -0.05) is 12.1 Å². The van der Waals surface area contributed by atoms with Crippen molar-refractivity contribution in [3.8, 4) is 16.9 Å². The van der Waals surface area contributed by atoms with Gasteiger partial charge in [-0.3, -0.25) is 10.1 Å². The summed E-state index contributed by atoms with van der Waals surface area (Å²) in [6.07, 6.45) is 0. The average molecular weight is 355 g/mol. The Labute approximate surface area is 118 Å². The van der Waals surface area contributed by atoms with E-state index in [2.05, 4.69) is 22.6 Å². The zero-order chi connectivity index (χ0) is 13.1. The largest absolute Gasteiger partial charge is 0.497 e. The van der Waals surface area contributed by atoms with Gasteiger partial charge in [0.15, 0.2) is 0 Å². The van der Waals surface area contributed by atoms with Crippen LogP contribution < -0.4 is 4.74 Å². The number of benzene rings is 2. The molecule has 0 amide bonds. The highest BCUT2D eigenvalue weighted by molar-refractivity contribution is 14.1. The molecule has 0 saturated carbocycles. The van der Waals surface area contributed by atoms with E-state index in [-0.39, 0.29) is 10.6 Å². The monoisotopic (exact) mass is 355 g/mol. The van der Waals surface area contributed by atoms with E-state index in [4.69, 9.17) is 4.74 Å². The molecule has 0 spiro atoms. The molecule has 18 heavy (non-hydrogen) atoms. The second kappa shape index (κ2) is 5.34. The maximum atomic E-state index is 10.8. The van der Waals surface area contributed by atoms with Gasteiger partial charge in [-0.15, -0.1) is 0 Å². The van der Waals surface area contributed by atoms with Crippen molar-refractivity contribution < 1.29 is 9.66 Å². The van der Waals surface area contributed by atoms with E-state index in [1.54, 1.807) is 19.2 Å². The summed E-state index contributed by atoms with van der Waals surface area (Å²) in [4.78, 5) is 10.4. The van der Waals surface area contributed by atoms with Crippen molar-refractivity contribution in [2.45, 2.75) is 0 Å². The number of hydrogen-bond donors (Lipinski definition) is 0. The third-order valence-electron chi connectivity index (χ3n) is 2.56. The fourth-order valence-corrected chi connectivity index (χ4v) is 2.27. The third-order valence-corrected chi connectivity index (χ3v) is 3.50. The first-order chi connectivity index (χ1) is 8.61. The van der Waals surface area contributed by atoms with Crippen LogP contribution in [0.5, 0.6) is 5.75 Å². The van der Waals surface area contributed by atoms with E-state index in [0.717, 1.165) is 20.4 Å². The molecule has 0 aromatic heterocycles. The van der Waals surface area contributed by atoms with E-state index < -0.39 is 0 Å². The molecular weight excluding hydrogens is 345 g/mol. The number of non-ortho nitro benzene ring substituents is 1. The highest BCUT2D eigenvalue weighted by Crippen LogP contribution is 2.30. The van der Waals surface area contributed by atoms with E-state index in [1.165, 1.54) is 6.07 Å². The van der Waals surface area contributed by atoms with E-state index >= 15 is 0 Å². The molecule has 0 saturated heterocycles. The number of nitrogens with zero attached hydrogens (tertiary/aromatic N) is 1. The summed E-state index contributed by atoms with van der Waals surface area (Å²) in [7, 11) is 1.60. The van der Waals surface area contributed by atoms with Crippen LogP contribution in [0.15, 0.2) is 42.5 Å². The Morgan fingerprint density at radius 3 is 2.39 bits per heavy atom. The van der Waals surface area contributed by atoms with Crippen LogP contribution in [0.1, 0.15) is 0 Å². The van der Waals surface area contributed by atoms with Crippen molar-refractivity contribution in [2.24, 2.45) is 0 Å². The first kappa shape index (κ1) is 12.8. The van der Waals surface area contributed by atoms with Gasteiger partial charge >= 0.3 is 0 Å². The standard InChI is InChI=1S/C13H10INO3/c1-18-11-5-2-9(3-6-11)12-8-10(15(16)17)4-7-13(12)14/h2-8H,1H3. The number of ether oxygens (including phenoxy) is 1. The molecule has 2 aromatic carbocycles. The number of methoxy groups -OCH3 is 1. The van der Waals surface area contributed by atoms with Crippen LogP contribution in [0.2, 0.25) is 0 Å². The molecule has 92 valence electrons. The molecule has 0 atom stereocenters. The van der Waals surface area contributed by atoms with Crippen LogP contribution in [0.3, 0.4) is 0 Å². The molecule has 0 aliphatic rings. The smallest absolute Gasteiger partial charge is 0.270 e. The SMILES string of the molecule is COc1ccc(-c2cc([N+](=O)[O-])ccc2I)cc1. The number of hydrogen-bond acceptors (Lipinski definition) is 3. The quantitative estimate of drug-likeness (QED) is 0.477. The lowest BCUT2D eigenvalue weighted by Gasteiger charge is -2.06. The van der Waals surface area contributed by atoms with Gasteiger partial charge in [-0.2, -0.15) is 0 Å². The number of nitro groups is 1. The van der Waals surface area contributed by atoms with E-state index in [0.29, 0.717) is 0 Å². The summed E-state index contributed by atoms with van der Waals surface area (Å²) in [6.45, 7) is 0. The first-order valence-corrected chi connectivity index (χ1v) is 6.28. The molecular formula is C13H10INO3. The zero-order valence-electron chi connectivity index (χ0n) is 9.59. The Morgan fingerprint density at radius 2 is 1.83 bits per heavy atom. The van der Waals surface area contributed by atoms with Gasteiger partial charge in [0, 0.05) is 21.3 Å². The molecule has 2 rings (SSSR count). The number of halogens is 1. The summed E-state index contributed by atoms with van der Waals surface area (Å²) in [5, 5.41) is 10.8. The Balaban J connectivity index is 2.48. The summed E-state index contributed by atoms with van der Waals surface area (Å²) in [5.41, 5.74) is 1.89. The Morgan fingerprint density at radius 1 is 1.17 bits per heavy atom. The Hall–Kier alpha value is -1.63. The van der Waals surface area contributed by atoms with Crippen molar-refractivity contribution in [3.63, 3.8) is 0 Å². The van der Waals surface area contributed by atoms with Crippen LogP contribution in [0.25, 0.3) is 11.1 Å². The lowest BCUT2D eigenvalue weighted by atomic mass is 10.1. The fourth-order valence-electron chi connectivity index (χ4n) is 1.62. The van der Waals surface area contributed by atoms with Crippen LogP contribution >= 0.6 is 22.6 Å². The maximum Gasteiger partial charge on any atom is 0.270 e. The van der Waals surface area contributed by atoms with Crippen LogP contribution in [0, 0.1) is 13.7 Å². The topological polar surface area (TPSA) is 52.4 Å². The van der Waals surface area contributed by atoms with Crippen molar-refractivity contribution in [1.82, 2.24) is 0 Å². The van der Waals surface area contributed by atoms with Crippen LogP contribution in [-0.2, 0) is 0 Å². The molecule has 0 fully saturated rings. The maximum absolute atomic E-state index is 10.8. The van der Waals surface area contributed by atoms with Crippen molar-refractivity contribution in [3.05, 3.63) is 56.1 Å². The molecule has 2 aromatic rings. The first-order valence-electron chi connectivity index (χ1n) is 5.20. The third kappa shape index (κ3) is 2.61. The average Bonchev–Trinajstić information content (AvgIpc) is 2.39. The second-order valence-electron chi connectivity index (χ2n) is 3.65. The highest BCUT2D eigenvalue weighted by atomic mass is 127. The molecule has 0 aliphatic heterocycles. The van der Waals surface area contributed by atoms with E-state index in [9.17, 15) is 10.1 Å². The minimum Gasteiger partial charge on any atom is -0.497 e. The zero-order valence-corrected chi connectivity index (χ0v) is 11.7. The molecule has 0 bridgehead atoms. The molecule has 0 heterocycles. The highest BCUT2D eigenvalue weighted by Gasteiger charge is 2.10. The van der Waals surface area contributed by atoms with Crippen LogP contribution in [0.4, 0.5) is 5.69 Å². The molecule has 0 radical (unpaired) electrons. The summed E-state index contributed by atoms with van der Waals surface area (Å²) in [5.74, 6) is 0.763.